The number of aromatic nitrogens is 2. The van der Waals surface area contributed by atoms with Crippen LogP contribution in [-0.2, 0) is 4.74 Å². The summed E-state index contributed by atoms with van der Waals surface area (Å²) in [5.41, 5.74) is 3.75. The van der Waals surface area contributed by atoms with E-state index in [1.54, 1.807) is 0 Å². The van der Waals surface area contributed by atoms with Crippen molar-refractivity contribution in [3.05, 3.63) is 30.1 Å². The van der Waals surface area contributed by atoms with Crippen LogP contribution >= 0.6 is 0 Å². The summed E-state index contributed by atoms with van der Waals surface area (Å²) in [6.45, 7) is 7.95. The van der Waals surface area contributed by atoms with Gasteiger partial charge in [0.05, 0.1) is 36.8 Å². The van der Waals surface area contributed by atoms with Crippen LogP contribution in [0.1, 0.15) is 25.3 Å². The van der Waals surface area contributed by atoms with E-state index in [1.807, 2.05) is 10.7 Å². The topological polar surface area (TPSA) is 29.8 Å². The number of nitrogens with zero attached hydrogens (tertiary/aromatic N) is 3. The highest BCUT2D eigenvalue weighted by Crippen LogP contribution is 2.23. The number of pyridine rings is 1. The summed E-state index contributed by atoms with van der Waals surface area (Å²) < 4.78 is 7.37. The number of anilines is 1. The minimum Gasteiger partial charge on any atom is -0.378 e. The Morgan fingerprint density at radius 2 is 2.00 bits per heavy atom. The van der Waals surface area contributed by atoms with Crippen LogP contribution in [0.25, 0.3) is 5.52 Å². The van der Waals surface area contributed by atoms with Gasteiger partial charge in [0, 0.05) is 18.7 Å². The zero-order chi connectivity index (χ0) is 12.5. The van der Waals surface area contributed by atoms with Crippen LogP contribution in [-0.4, -0.2) is 35.9 Å². The van der Waals surface area contributed by atoms with Crippen molar-refractivity contribution in [3.63, 3.8) is 0 Å². The Morgan fingerprint density at radius 1 is 1.22 bits per heavy atom. The van der Waals surface area contributed by atoms with E-state index in [2.05, 4.69) is 42.2 Å². The van der Waals surface area contributed by atoms with Crippen molar-refractivity contribution in [2.75, 3.05) is 31.2 Å². The van der Waals surface area contributed by atoms with Crippen molar-refractivity contribution < 1.29 is 4.74 Å². The Hall–Kier alpha value is -1.55. The summed E-state index contributed by atoms with van der Waals surface area (Å²) in [6, 6.07) is 4.36. The Morgan fingerprint density at radius 3 is 2.72 bits per heavy atom. The molecule has 3 rings (SSSR count). The smallest absolute Gasteiger partial charge is 0.0697 e. The Balaban J connectivity index is 1.96. The van der Waals surface area contributed by atoms with E-state index in [0.29, 0.717) is 5.92 Å². The molecule has 2 aromatic heterocycles. The van der Waals surface area contributed by atoms with Crippen molar-refractivity contribution in [1.82, 2.24) is 9.61 Å². The van der Waals surface area contributed by atoms with Crippen molar-refractivity contribution in [2.45, 2.75) is 19.8 Å². The molecule has 1 fully saturated rings. The van der Waals surface area contributed by atoms with Gasteiger partial charge in [-0.15, -0.1) is 0 Å². The van der Waals surface area contributed by atoms with Gasteiger partial charge in [0.1, 0.15) is 0 Å². The molecule has 18 heavy (non-hydrogen) atoms. The van der Waals surface area contributed by atoms with Crippen molar-refractivity contribution in [3.8, 4) is 0 Å². The first kappa shape index (κ1) is 11.5. The summed E-state index contributed by atoms with van der Waals surface area (Å²) >= 11 is 0. The van der Waals surface area contributed by atoms with Gasteiger partial charge in [-0.3, -0.25) is 0 Å². The fourth-order valence-electron chi connectivity index (χ4n) is 2.45. The second-order valence-corrected chi connectivity index (χ2v) is 5.07. The highest BCUT2D eigenvalue weighted by molar-refractivity contribution is 5.60. The van der Waals surface area contributed by atoms with Crippen molar-refractivity contribution >= 4 is 11.2 Å². The molecule has 0 amide bonds. The maximum atomic E-state index is 5.38. The van der Waals surface area contributed by atoms with Gasteiger partial charge >= 0.3 is 0 Å². The summed E-state index contributed by atoms with van der Waals surface area (Å²) in [5.74, 6) is 0.511. The quantitative estimate of drug-likeness (QED) is 0.813. The van der Waals surface area contributed by atoms with Gasteiger partial charge in [0.15, 0.2) is 0 Å². The summed E-state index contributed by atoms with van der Waals surface area (Å²) in [7, 11) is 0. The van der Waals surface area contributed by atoms with E-state index >= 15 is 0 Å². The summed E-state index contributed by atoms with van der Waals surface area (Å²) in [6.07, 6.45) is 4.09. The molecule has 1 aliphatic rings. The van der Waals surface area contributed by atoms with Crippen LogP contribution in [0.4, 0.5) is 5.69 Å². The molecule has 0 unspecified atom stereocenters. The van der Waals surface area contributed by atoms with E-state index in [-0.39, 0.29) is 0 Å². The van der Waals surface area contributed by atoms with Gasteiger partial charge in [-0.2, -0.15) is 5.10 Å². The van der Waals surface area contributed by atoms with Gasteiger partial charge < -0.3 is 9.64 Å². The predicted octanol–water partition coefficient (Wildman–Crippen LogP) is 2.29. The highest BCUT2D eigenvalue weighted by Gasteiger charge is 2.13. The lowest BCUT2D eigenvalue weighted by Crippen LogP contribution is -2.36. The van der Waals surface area contributed by atoms with Crippen LogP contribution in [0.2, 0.25) is 0 Å². The molecule has 0 saturated carbocycles. The average Bonchev–Trinajstić information content (AvgIpc) is 2.82. The van der Waals surface area contributed by atoms with Crippen LogP contribution in [0.3, 0.4) is 0 Å². The lowest BCUT2D eigenvalue weighted by Gasteiger charge is -2.28. The fraction of sp³-hybridized carbons (Fsp3) is 0.500. The second-order valence-electron chi connectivity index (χ2n) is 5.07. The molecule has 0 radical (unpaired) electrons. The van der Waals surface area contributed by atoms with E-state index < -0.39 is 0 Å². The molecule has 0 bridgehead atoms. The first-order chi connectivity index (χ1) is 8.75. The maximum Gasteiger partial charge on any atom is 0.0697 e. The molecule has 4 nitrogen and oxygen atoms in total. The molecule has 0 aromatic carbocycles. The Kier molecular flexibility index (Phi) is 2.96. The predicted molar refractivity (Wildman–Crippen MR) is 72.3 cm³/mol. The number of ether oxygens (including phenoxy) is 1. The van der Waals surface area contributed by atoms with Gasteiger partial charge in [-0.05, 0) is 18.1 Å². The van der Waals surface area contributed by atoms with Gasteiger partial charge in [-0.1, -0.05) is 13.8 Å². The SMILES string of the molecule is CC(C)c1cnn2cc(N3CCOCC3)ccc12. The molecular weight excluding hydrogens is 226 g/mol. The molecular formula is C14H19N3O. The number of rotatable bonds is 2. The summed E-state index contributed by atoms with van der Waals surface area (Å²) in [4.78, 5) is 2.35. The van der Waals surface area contributed by atoms with Crippen LogP contribution < -0.4 is 4.90 Å². The molecule has 96 valence electrons. The Bertz CT molecular complexity index is 541. The normalized spacial score (nSPS) is 16.7. The monoisotopic (exact) mass is 245 g/mol. The standard InChI is InChI=1S/C14H19N3O/c1-11(2)13-9-15-17-10-12(3-4-14(13)17)16-5-7-18-8-6-16/h3-4,9-11H,5-8H2,1-2H3. The van der Waals surface area contributed by atoms with Gasteiger partial charge in [0.25, 0.3) is 0 Å². The molecule has 0 aliphatic carbocycles. The van der Waals surface area contributed by atoms with Crippen LogP contribution in [0.5, 0.6) is 0 Å². The first-order valence-corrected chi connectivity index (χ1v) is 6.55. The van der Waals surface area contributed by atoms with Crippen LogP contribution in [0, 0.1) is 0 Å². The number of fused-ring (bicyclic) bond motifs is 1. The largest absolute Gasteiger partial charge is 0.378 e. The molecule has 1 saturated heterocycles. The number of hydrogen-bond donors (Lipinski definition) is 0. The van der Waals surface area contributed by atoms with Crippen molar-refractivity contribution in [2.24, 2.45) is 0 Å². The third-order valence-corrected chi connectivity index (χ3v) is 3.53. The average molecular weight is 245 g/mol. The third-order valence-electron chi connectivity index (χ3n) is 3.53. The Labute approximate surface area is 107 Å². The molecule has 3 heterocycles. The molecule has 0 atom stereocenters. The lowest BCUT2D eigenvalue weighted by atomic mass is 10.1. The zero-order valence-corrected chi connectivity index (χ0v) is 11.0. The minimum absolute atomic E-state index is 0.511. The van der Waals surface area contributed by atoms with E-state index in [9.17, 15) is 0 Å². The highest BCUT2D eigenvalue weighted by atomic mass is 16.5. The second kappa shape index (κ2) is 4.61. The molecule has 0 spiro atoms. The van der Waals surface area contributed by atoms with Gasteiger partial charge in [0.2, 0.25) is 0 Å². The zero-order valence-electron chi connectivity index (χ0n) is 11.0. The summed E-state index contributed by atoms with van der Waals surface area (Å²) in [5, 5.41) is 4.45. The third kappa shape index (κ3) is 1.97. The maximum absolute atomic E-state index is 5.38. The minimum atomic E-state index is 0.511. The molecule has 4 heteroatoms. The fourth-order valence-corrected chi connectivity index (χ4v) is 2.45. The van der Waals surface area contributed by atoms with Gasteiger partial charge in [-0.25, -0.2) is 4.52 Å². The molecule has 1 aliphatic heterocycles. The van der Waals surface area contributed by atoms with E-state index in [4.69, 9.17) is 4.74 Å². The first-order valence-electron chi connectivity index (χ1n) is 6.55. The van der Waals surface area contributed by atoms with Crippen LogP contribution in [0.15, 0.2) is 24.5 Å². The molecule has 2 aromatic rings. The lowest BCUT2D eigenvalue weighted by molar-refractivity contribution is 0.122. The van der Waals surface area contributed by atoms with E-state index in [1.165, 1.54) is 16.8 Å². The molecule has 0 N–H and O–H groups in total. The van der Waals surface area contributed by atoms with E-state index in [0.717, 1.165) is 26.3 Å². The number of morpholine rings is 1. The number of hydrogen-bond acceptors (Lipinski definition) is 3. The van der Waals surface area contributed by atoms with Crippen molar-refractivity contribution in [1.29, 1.82) is 0 Å².